The molecule has 4 nitrogen and oxygen atoms in total. The van der Waals surface area contributed by atoms with Crippen molar-refractivity contribution in [2.24, 2.45) is 5.14 Å². The molecule has 1 aromatic heterocycles. The van der Waals surface area contributed by atoms with Crippen molar-refractivity contribution in [3.8, 4) is 0 Å². The lowest BCUT2D eigenvalue weighted by Crippen LogP contribution is -2.13. The Labute approximate surface area is 75.4 Å². The van der Waals surface area contributed by atoms with Gasteiger partial charge < -0.3 is 0 Å². The van der Waals surface area contributed by atoms with E-state index in [9.17, 15) is 8.42 Å². The van der Waals surface area contributed by atoms with E-state index in [2.05, 4.69) is 4.98 Å². The van der Waals surface area contributed by atoms with Crippen molar-refractivity contribution in [3.05, 3.63) is 23.9 Å². The van der Waals surface area contributed by atoms with Gasteiger partial charge in [-0.2, -0.15) is 0 Å². The minimum atomic E-state index is -3.68. The van der Waals surface area contributed by atoms with Crippen LogP contribution < -0.4 is 5.14 Å². The largest absolute Gasteiger partial charge is 0.255 e. The fourth-order valence-electron chi connectivity index (χ4n) is 0.658. The van der Waals surface area contributed by atoms with E-state index in [4.69, 9.17) is 16.7 Å². The van der Waals surface area contributed by atoms with Crippen LogP contribution in [0.2, 0.25) is 0 Å². The van der Waals surface area contributed by atoms with Crippen LogP contribution >= 0.6 is 11.6 Å². The zero-order chi connectivity index (χ0) is 9.19. The van der Waals surface area contributed by atoms with Gasteiger partial charge in [-0.15, -0.1) is 11.6 Å². The summed E-state index contributed by atoms with van der Waals surface area (Å²) < 4.78 is 21.4. The molecule has 1 rings (SSSR count). The van der Waals surface area contributed by atoms with Crippen LogP contribution in [0.5, 0.6) is 0 Å². The molecule has 12 heavy (non-hydrogen) atoms. The molecule has 0 spiro atoms. The summed E-state index contributed by atoms with van der Waals surface area (Å²) in [5.41, 5.74) is 0.754. The summed E-state index contributed by atoms with van der Waals surface area (Å²) in [6, 6.07) is 2.90. The van der Waals surface area contributed by atoms with Gasteiger partial charge in [-0.05, 0) is 11.6 Å². The average molecular weight is 207 g/mol. The smallest absolute Gasteiger partial charge is 0.243 e. The third kappa shape index (κ3) is 2.17. The molecule has 0 aliphatic rings. The topological polar surface area (TPSA) is 73.1 Å². The first-order valence-corrected chi connectivity index (χ1v) is 5.16. The van der Waals surface area contributed by atoms with Crippen LogP contribution in [0.1, 0.15) is 5.56 Å². The molecule has 1 heterocycles. The highest BCUT2D eigenvalue weighted by molar-refractivity contribution is 7.89. The van der Waals surface area contributed by atoms with Crippen LogP contribution in [0.25, 0.3) is 0 Å². The lowest BCUT2D eigenvalue weighted by atomic mass is 10.3. The molecule has 0 atom stereocenters. The third-order valence-electron chi connectivity index (χ3n) is 1.24. The van der Waals surface area contributed by atoms with Crippen molar-refractivity contribution in [1.29, 1.82) is 0 Å². The monoisotopic (exact) mass is 206 g/mol. The molecular weight excluding hydrogens is 200 g/mol. The number of nitrogens with zero attached hydrogens (tertiary/aromatic N) is 1. The molecule has 66 valence electrons. The van der Waals surface area contributed by atoms with E-state index < -0.39 is 10.0 Å². The minimum absolute atomic E-state index is 0.142. The number of aromatic nitrogens is 1. The zero-order valence-corrected chi connectivity index (χ0v) is 7.64. The molecule has 0 fully saturated rings. The minimum Gasteiger partial charge on any atom is -0.243 e. The molecule has 1 aromatic rings. The van der Waals surface area contributed by atoms with Crippen LogP contribution in [-0.4, -0.2) is 13.4 Å². The summed E-state index contributed by atoms with van der Waals surface area (Å²) in [7, 11) is -3.68. The fraction of sp³-hybridized carbons (Fsp3) is 0.167. The molecule has 0 amide bonds. The van der Waals surface area contributed by atoms with Crippen LogP contribution in [0.15, 0.2) is 23.4 Å². The molecule has 0 bridgehead atoms. The first-order valence-electron chi connectivity index (χ1n) is 3.08. The van der Waals surface area contributed by atoms with E-state index in [-0.39, 0.29) is 5.03 Å². The maximum atomic E-state index is 10.7. The van der Waals surface area contributed by atoms with Crippen LogP contribution in [0, 0.1) is 0 Å². The molecule has 0 aliphatic heterocycles. The third-order valence-corrected chi connectivity index (χ3v) is 2.38. The Morgan fingerprint density at radius 1 is 1.50 bits per heavy atom. The normalized spacial score (nSPS) is 11.5. The average Bonchev–Trinajstić information content (AvgIpc) is 2.03. The SMILES string of the molecule is NS(=O)(=O)c1ccc(CCl)cn1. The standard InChI is InChI=1S/C6H7ClN2O2S/c7-3-5-1-2-6(9-4-5)12(8,10)11/h1-2,4H,3H2,(H2,8,10,11). The van der Waals surface area contributed by atoms with E-state index in [1.807, 2.05) is 0 Å². The molecule has 0 aromatic carbocycles. The first kappa shape index (κ1) is 9.44. The molecule has 0 aliphatic carbocycles. The summed E-state index contributed by atoms with van der Waals surface area (Å²) >= 11 is 5.47. The van der Waals surface area contributed by atoms with Crippen molar-refractivity contribution in [2.45, 2.75) is 10.9 Å². The second-order valence-corrected chi connectivity index (χ2v) is 3.96. The van der Waals surface area contributed by atoms with Gasteiger partial charge in [0.25, 0.3) is 10.0 Å². The Morgan fingerprint density at radius 2 is 2.17 bits per heavy atom. The number of hydrogen-bond acceptors (Lipinski definition) is 3. The molecule has 0 saturated heterocycles. The Bertz CT molecular complexity index is 360. The van der Waals surface area contributed by atoms with Crippen LogP contribution in [-0.2, 0) is 15.9 Å². The number of rotatable bonds is 2. The Balaban J connectivity index is 3.09. The van der Waals surface area contributed by atoms with E-state index >= 15 is 0 Å². The van der Waals surface area contributed by atoms with Gasteiger partial charge in [0.05, 0.1) is 0 Å². The van der Waals surface area contributed by atoms with Crippen molar-refractivity contribution in [1.82, 2.24) is 4.98 Å². The number of nitrogens with two attached hydrogens (primary N) is 1. The Morgan fingerprint density at radius 3 is 2.50 bits per heavy atom. The van der Waals surface area contributed by atoms with Crippen molar-refractivity contribution >= 4 is 21.6 Å². The summed E-state index contributed by atoms with van der Waals surface area (Å²) in [4.78, 5) is 3.62. The molecule has 0 unspecified atom stereocenters. The summed E-state index contributed by atoms with van der Waals surface area (Å²) in [5, 5.41) is 4.68. The van der Waals surface area contributed by atoms with Crippen LogP contribution in [0.4, 0.5) is 0 Å². The van der Waals surface area contributed by atoms with Crippen molar-refractivity contribution in [3.63, 3.8) is 0 Å². The summed E-state index contributed by atoms with van der Waals surface area (Å²) in [6.45, 7) is 0. The highest BCUT2D eigenvalue weighted by Crippen LogP contribution is 2.06. The van der Waals surface area contributed by atoms with Gasteiger partial charge in [0.1, 0.15) is 0 Å². The van der Waals surface area contributed by atoms with Gasteiger partial charge in [-0.1, -0.05) is 6.07 Å². The van der Waals surface area contributed by atoms with E-state index in [0.717, 1.165) is 5.56 Å². The number of pyridine rings is 1. The van der Waals surface area contributed by atoms with E-state index in [0.29, 0.717) is 5.88 Å². The second-order valence-electron chi connectivity index (χ2n) is 2.18. The Kier molecular flexibility index (Phi) is 2.66. The maximum Gasteiger partial charge on any atom is 0.255 e. The van der Waals surface area contributed by atoms with Crippen LogP contribution in [0.3, 0.4) is 0 Å². The summed E-state index contributed by atoms with van der Waals surface area (Å²) in [6.07, 6.45) is 1.38. The highest BCUT2D eigenvalue weighted by Gasteiger charge is 2.07. The predicted molar refractivity (Wildman–Crippen MR) is 45.2 cm³/mol. The molecule has 0 radical (unpaired) electrons. The van der Waals surface area contributed by atoms with E-state index in [1.54, 1.807) is 6.07 Å². The maximum absolute atomic E-state index is 10.7. The van der Waals surface area contributed by atoms with Gasteiger partial charge >= 0.3 is 0 Å². The first-order chi connectivity index (χ1) is 5.54. The van der Waals surface area contributed by atoms with Gasteiger partial charge in [0.2, 0.25) is 0 Å². The quantitative estimate of drug-likeness (QED) is 0.715. The number of primary sulfonamides is 1. The molecule has 6 heteroatoms. The summed E-state index contributed by atoms with van der Waals surface area (Å²) in [5.74, 6) is 0.303. The zero-order valence-electron chi connectivity index (χ0n) is 6.07. The highest BCUT2D eigenvalue weighted by atomic mass is 35.5. The van der Waals surface area contributed by atoms with Gasteiger partial charge in [-0.25, -0.2) is 18.5 Å². The van der Waals surface area contributed by atoms with Crippen molar-refractivity contribution < 1.29 is 8.42 Å². The number of sulfonamides is 1. The lowest BCUT2D eigenvalue weighted by molar-refractivity contribution is 0.594. The van der Waals surface area contributed by atoms with Gasteiger partial charge in [0, 0.05) is 12.1 Å². The molecule has 0 saturated carbocycles. The second kappa shape index (κ2) is 3.38. The molecular formula is C6H7ClN2O2S. The van der Waals surface area contributed by atoms with Gasteiger partial charge in [0.15, 0.2) is 5.03 Å². The fourth-order valence-corrected chi connectivity index (χ4v) is 1.27. The van der Waals surface area contributed by atoms with E-state index in [1.165, 1.54) is 12.3 Å². The Hall–Kier alpha value is -0.650. The predicted octanol–water partition coefficient (Wildman–Crippen LogP) is 0.468. The number of halogens is 1. The number of alkyl halides is 1. The van der Waals surface area contributed by atoms with Crippen molar-refractivity contribution in [2.75, 3.05) is 0 Å². The number of hydrogen-bond donors (Lipinski definition) is 1. The van der Waals surface area contributed by atoms with Gasteiger partial charge in [-0.3, -0.25) is 0 Å². The molecule has 2 N–H and O–H groups in total. The lowest BCUT2D eigenvalue weighted by Gasteiger charge is -1.97.